The largest absolute Gasteiger partial charge is 0.390 e. The molecule has 0 fully saturated rings. The molecule has 2 aromatic carbocycles. The van der Waals surface area contributed by atoms with Crippen LogP contribution in [0.5, 0.6) is 0 Å². The predicted molar refractivity (Wildman–Crippen MR) is 124 cm³/mol. The number of aliphatic hydroxyl groups is 1. The van der Waals surface area contributed by atoms with E-state index in [1.165, 1.54) is 30.2 Å². The van der Waals surface area contributed by atoms with Gasteiger partial charge in [0.05, 0.1) is 6.10 Å². The van der Waals surface area contributed by atoms with Gasteiger partial charge in [0.15, 0.2) is 0 Å². The first-order valence-corrected chi connectivity index (χ1v) is 11.2. The summed E-state index contributed by atoms with van der Waals surface area (Å²) in [5, 5.41) is 16.7. The molecule has 176 valence electrons. The monoisotopic (exact) mass is 446 g/mol. The summed E-state index contributed by atoms with van der Waals surface area (Å²) in [6.07, 6.45) is 0.804. The summed E-state index contributed by atoms with van der Waals surface area (Å²) in [6, 6.07) is 9.84. The van der Waals surface area contributed by atoms with E-state index in [-0.39, 0.29) is 24.2 Å². The second kappa shape index (κ2) is 11.5. The first kappa shape index (κ1) is 25.9. The average molecular weight is 447 g/mol. The number of rotatable bonds is 10. The minimum absolute atomic E-state index is 0.169. The van der Waals surface area contributed by atoms with Gasteiger partial charge in [-0.1, -0.05) is 45.9 Å². The van der Waals surface area contributed by atoms with Gasteiger partial charge >= 0.3 is 0 Å². The van der Waals surface area contributed by atoms with Crippen LogP contribution in [0.3, 0.4) is 0 Å². The highest BCUT2D eigenvalue weighted by molar-refractivity contribution is 5.73. The lowest BCUT2D eigenvalue weighted by atomic mass is 9.87. The Morgan fingerprint density at radius 2 is 1.56 bits per heavy atom. The Kier molecular flexibility index (Phi) is 9.34. The van der Waals surface area contributed by atoms with Crippen LogP contribution in [0.25, 0.3) is 0 Å². The van der Waals surface area contributed by atoms with Crippen LogP contribution >= 0.6 is 0 Å². The minimum Gasteiger partial charge on any atom is -0.390 e. The predicted octanol–water partition coefficient (Wildman–Crippen LogP) is 4.66. The van der Waals surface area contributed by atoms with E-state index >= 15 is 0 Å². The van der Waals surface area contributed by atoms with E-state index in [9.17, 15) is 18.7 Å². The highest BCUT2D eigenvalue weighted by Gasteiger charge is 2.20. The summed E-state index contributed by atoms with van der Waals surface area (Å²) in [6.45, 7) is 10.6. The lowest BCUT2D eigenvalue weighted by Crippen LogP contribution is -2.52. The average Bonchev–Trinajstić information content (AvgIpc) is 2.66. The maximum Gasteiger partial charge on any atom is 0.218 e. The molecule has 0 aromatic heterocycles. The molecule has 0 aliphatic rings. The maximum atomic E-state index is 13.4. The van der Waals surface area contributed by atoms with Crippen LogP contribution in [0.1, 0.15) is 63.3 Å². The molecule has 0 saturated heterocycles. The normalized spacial score (nSPS) is 13.6. The molecule has 2 aromatic rings. The van der Waals surface area contributed by atoms with Gasteiger partial charge in [0, 0.05) is 19.5 Å². The van der Waals surface area contributed by atoms with Crippen molar-refractivity contribution in [3.8, 4) is 0 Å². The molecule has 0 radical (unpaired) electrons. The van der Waals surface area contributed by atoms with E-state index in [1.54, 1.807) is 0 Å². The van der Waals surface area contributed by atoms with Crippen LogP contribution in [0.4, 0.5) is 8.78 Å². The fourth-order valence-corrected chi connectivity index (χ4v) is 3.83. The molecule has 2 unspecified atom stereocenters. The summed E-state index contributed by atoms with van der Waals surface area (Å²) in [5.41, 5.74) is 4.22. The standard InChI is InChI=1S/C26H36F2N2O2/c1-6-18-9-20(15-26(3,4)5)11-21(10-18)16-29-25(30-17(2)31)24(32)8-7-19-12-22(27)14-23(28)13-19/h9-14,24-25,29,32H,6-8,15-16H2,1-5H3,(H,30,31). The molecule has 2 atom stereocenters. The summed E-state index contributed by atoms with van der Waals surface area (Å²) in [7, 11) is 0. The molecule has 32 heavy (non-hydrogen) atoms. The first-order valence-electron chi connectivity index (χ1n) is 11.2. The molecule has 1 amide bonds. The van der Waals surface area contributed by atoms with Crippen molar-refractivity contribution < 1.29 is 18.7 Å². The Morgan fingerprint density at radius 3 is 2.12 bits per heavy atom. The molecule has 0 heterocycles. The van der Waals surface area contributed by atoms with Gasteiger partial charge in [0.25, 0.3) is 0 Å². The summed E-state index contributed by atoms with van der Waals surface area (Å²) in [5.74, 6) is -1.56. The van der Waals surface area contributed by atoms with E-state index in [4.69, 9.17) is 0 Å². The number of halogens is 2. The van der Waals surface area contributed by atoms with Crippen LogP contribution in [-0.2, 0) is 30.6 Å². The van der Waals surface area contributed by atoms with Gasteiger partial charge in [-0.15, -0.1) is 0 Å². The number of hydrogen-bond donors (Lipinski definition) is 3. The third kappa shape index (κ3) is 9.05. The fraction of sp³-hybridized carbons (Fsp3) is 0.500. The molecule has 0 bridgehead atoms. The maximum absolute atomic E-state index is 13.4. The molecule has 0 aliphatic carbocycles. The third-order valence-electron chi connectivity index (χ3n) is 5.18. The highest BCUT2D eigenvalue weighted by Crippen LogP contribution is 2.23. The Bertz CT molecular complexity index is 889. The van der Waals surface area contributed by atoms with Crippen molar-refractivity contribution in [2.24, 2.45) is 5.41 Å². The van der Waals surface area contributed by atoms with Crippen LogP contribution in [0.15, 0.2) is 36.4 Å². The fourth-order valence-electron chi connectivity index (χ4n) is 3.83. The molecular weight excluding hydrogens is 410 g/mol. The number of amides is 1. The zero-order chi connectivity index (χ0) is 23.9. The van der Waals surface area contributed by atoms with Crippen molar-refractivity contribution in [3.05, 3.63) is 70.3 Å². The zero-order valence-electron chi connectivity index (χ0n) is 19.8. The second-order valence-corrected chi connectivity index (χ2v) is 9.69. The Morgan fingerprint density at radius 1 is 0.969 bits per heavy atom. The Balaban J connectivity index is 2.08. The van der Waals surface area contributed by atoms with Crippen LogP contribution in [0.2, 0.25) is 0 Å². The SMILES string of the molecule is CCc1cc(CNC(NC(C)=O)C(O)CCc2cc(F)cc(F)c2)cc(CC(C)(C)C)c1. The second-order valence-electron chi connectivity index (χ2n) is 9.69. The van der Waals surface area contributed by atoms with Crippen LogP contribution < -0.4 is 10.6 Å². The van der Waals surface area contributed by atoms with Gasteiger partial charge in [-0.2, -0.15) is 0 Å². The quantitative estimate of drug-likeness (QED) is 0.465. The van der Waals surface area contributed by atoms with Crippen LogP contribution in [0, 0.1) is 17.0 Å². The van der Waals surface area contributed by atoms with E-state index < -0.39 is 23.9 Å². The topological polar surface area (TPSA) is 61.4 Å². The van der Waals surface area contributed by atoms with Gasteiger partial charge in [0.1, 0.15) is 17.8 Å². The summed E-state index contributed by atoms with van der Waals surface area (Å²) in [4.78, 5) is 11.7. The van der Waals surface area contributed by atoms with E-state index in [1.807, 2.05) is 0 Å². The van der Waals surface area contributed by atoms with Gasteiger partial charge in [-0.25, -0.2) is 8.78 Å². The van der Waals surface area contributed by atoms with Crippen molar-refractivity contribution in [2.75, 3.05) is 0 Å². The summed E-state index contributed by atoms with van der Waals surface area (Å²) < 4.78 is 26.8. The third-order valence-corrected chi connectivity index (χ3v) is 5.18. The van der Waals surface area contributed by atoms with Crippen LogP contribution in [-0.4, -0.2) is 23.3 Å². The van der Waals surface area contributed by atoms with Gasteiger partial charge in [0.2, 0.25) is 5.91 Å². The van der Waals surface area contributed by atoms with E-state index in [2.05, 4.69) is 56.5 Å². The van der Waals surface area contributed by atoms with Gasteiger partial charge in [-0.05, 0) is 65.5 Å². The lowest BCUT2D eigenvalue weighted by molar-refractivity contribution is -0.120. The zero-order valence-corrected chi connectivity index (χ0v) is 19.8. The highest BCUT2D eigenvalue weighted by atomic mass is 19.1. The number of nitrogens with one attached hydrogen (secondary N) is 2. The minimum atomic E-state index is -0.923. The van der Waals surface area contributed by atoms with Crippen molar-refractivity contribution in [1.82, 2.24) is 10.6 Å². The van der Waals surface area contributed by atoms with Gasteiger partial charge in [-0.3, -0.25) is 10.1 Å². The lowest BCUT2D eigenvalue weighted by Gasteiger charge is -2.25. The molecule has 2 rings (SSSR count). The first-order chi connectivity index (χ1) is 14.9. The Hall–Kier alpha value is -2.31. The molecule has 0 saturated carbocycles. The summed E-state index contributed by atoms with van der Waals surface area (Å²) >= 11 is 0. The smallest absolute Gasteiger partial charge is 0.218 e. The van der Waals surface area contributed by atoms with E-state index in [0.717, 1.165) is 24.5 Å². The molecule has 3 N–H and O–H groups in total. The van der Waals surface area contributed by atoms with Gasteiger partial charge < -0.3 is 10.4 Å². The number of carbonyl (C=O) groups is 1. The molecular formula is C26H36F2N2O2. The number of carbonyl (C=O) groups excluding carboxylic acids is 1. The number of hydrogen-bond acceptors (Lipinski definition) is 3. The number of aliphatic hydroxyl groups excluding tert-OH is 1. The molecule has 6 heteroatoms. The van der Waals surface area contributed by atoms with Crippen molar-refractivity contribution in [3.63, 3.8) is 0 Å². The van der Waals surface area contributed by atoms with Crippen molar-refractivity contribution in [1.29, 1.82) is 0 Å². The van der Waals surface area contributed by atoms with Crippen molar-refractivity contribution >= 4 is 5.91 Å². The molecule has 0 spiro atoms. The molecule has 4 nitrogen and oxygen atoms in total. The van der Waals surface area contributed by atoms with Crippen molar-refractivity contribution in [2.45, 2.75) is 79.1 Å². The number of benzene rings is 2. The number of aryl methyl sites for hydroxylation is 2. The Labute approximate surface area is 190 Å². The van der Waals surface area contributed by atoms with E-state index in [0.29, 0.717) is 12.1 Å². The molecule has 0 aliphatic heterocycles.